The van der Waals surface area contributed by atoms with E-state index < -0.39 is 10.0 Å². The zero-order chi connectivity index (χ0) is 19.0. The van der Waals surface area contributed by atoms with Gasteiger partial charge in [0.2, 0.25) is 10.0 Å². The Morgan fingerprint density at radius 3 is 2.41 bits per heavy atom. The number of nitrogens with zero attached hydrogens (tertiary/aromatic N) is 3. The van der Waals surface area contributed by atoms with E-state index in [0.29, 0.717) is 36.2 Å². The fourth-order valence-electron chi connectivity index (χ4n) is 3.68. The van der Waals surface area contributed by atoms with Crippen LogP contribution in [0.2, 0.25) is 0 Å². The van der Waals surface area contributed by atoms with Gasteiger partial charge in [0.15, 0.2) is 0 Å². The van der Waals surface area contributed by atoms with Crippen molar-refractivity contribution in [3.05, 3.63) is 70.8 Å². The van der Waals surface area contributed by atoms with Gasteiger partial charge < -0.3 is 0 Å². The summed E-state index contributed by atoms with van der Waals surface area (Å²) in [6.45, 7) is 2.71. The number of aryl methyl sites for hydroxylation is 1. The van der Waals surface area contributed by atoms with Gasteiger partial charge in [-0.2, -0.15) is 4.31 Å². The summed E-state index contributed by atoms with van der Waals surface area (Å²) in [5, 5.41) is 0.608. The first-order chi connectivity index (χ1) is 13.0. The molecule has 2 heterocycles. The molecule has 4 rings (SSSR count). The highest BCUT2D eigenvalue weighted by atomic mass is 32.2. The van der Waals surface area contributed by atoms with Gasteiger partial charge in [-0.25, -0.2) is 13.4 Å². The highest BCUT2D eigenvalue weighted by molar-refractivity contribution is 7.89. The lowest BCUT2D eigenvalue weighted by Gasteiger charge is -2.32. The number of hydrogen-bond donors (Lipinski definition) is 0. The minimum absolute atomic E-state index is 0.0443. The molecule has 0 amide bonds. The molecule has 6 nitrogen and oxygen atoms in total. The van der Waals surface area contributed by atoms with Gasteiger partial charge in [0.1, 0.15) is 0 Å². The van der Waals surface area contributed by atoms with Crippen molar-refractivity contribution in [2.75, 3.05) is 13.1 Å². The van der Waals surface area contributed by atoms with Crippen LogP contribution in [-0.2, 0) is 10.0 Å². The Morgan fingerprint density at radius 2 is 1.70 bits per heavy atom. The molecule has 0 spiro atoms. The van der Waals surface area contributed by atoms with Gasteiger partial charge in [0.05, 0.1) is 22.1 Å². The lowest BCUT2D eigenvalue weighted by Crippen LogP contribution is -2.40. The molecular weight excluding hydrogens is 362 g/mol. The van der Waals surface area contributed by atoms with Crippen molar-refractivity contribution in [2.45, 2.75) is 30.7 Å². The van der Waals surface area contributed by atoms with Gasteiger partial charge in [0, 0.05) is 19.1 Å². The van der Waals surface area contributed by atoms with Gasteiger partial charge >= 0.3 is 0 Å². The molecule has 27 heavy (non-hydrogen) atoms. The number of sulfonamides is 1. The van der Waals surface area contributed by atoms with Crippen molar-refractivity contribution in [2.24, 2.45) is 0 Å². The summed E-state index contributed by atoms with van der Waals surface area (Å²) in [5.41, 5.74) is 1.64. The van der Waals surface area contributed by atoms with E-state index in [2.05, 4.69) is 4.98 Å². The number of benzene rings is 2. The molecule has 3 aromatic rings. The molecule has 1 fully saturated rings. The van der Waals surface area contributed by atoms with Crippen molar-refractivity contribution < 1.29 is 8.42 Å². The summed E-state index contributed by atoms with van der Waals surface area (Å²) in [6, 6.07) is 14.0. The number of para-hydroxylation sites is 1. The predicted octanol–water partition coefficient (Wildman–Crippen LogP) is 2.73. The molecule has 0 atom stereocenters. The molecule has 7 heteroatoms. The molecule has 0 N–H and O–H groups in total. The molecule has 0 radical (unpaired) electrons. The maximum absolute atomic E-state index is 12.9. The first-order valence-corrected chi connectivity index (χ1v) is 10.4. The second-order valence-corrected chi connectivity index (χ2v) is 8.81. The number of rotatable bonds is 3. The van der Waals surface area contributed by atoms with E-state index in [1.807, 2.05) is 19.1 Å². The third-order valence-corrected chi connectivity index (χ3v) is 7.12. The van der Waals surface area contributed by atoms with Crippen LogP contribution in [0.4, 0.5) is 0 Å². The summed E-state index contributed by atoms with van der Waals surface area (Å²) in [6.07, 6.45) is 2.78. The highest BCUT2D eigenvalue weighted by Gasteiger charge is 2.30. The summed E-state index contributed by atoms with van der Waals surface area (Å²) in [4.78, 5) is 17.6. The van der Waals surface area contributed by atoms with E-state index in [0.717, 1.165) is 11.1 Å². The maximum Gasteiger partial charge on any atom is 0.261 e. The summed E-state index contributed by atoms with van der Waals surface area (Å²) in [7, 11) is -3.49. The standard InChI is InChI=1S/C20H21N3O3S/c1-15-6-5-9-18-19(15)21-14-23(20(18)24)16-10-12-22(13-11-16)27(25,26)17-7-3-2-4-8-17/h2-9,14,16H,10-13H2,1H3. The van der Waals surface area contributed by atoms with Crippen LogP contribution in [0, 0.1) is 6.92 Å². The van der Waals surface area contributed by atoms with Gasteiger partial charge in [-0.15, -0.1) is 0 Å². The normalized spacial score (nSPS) is 16.6. The molecule has 0 aliphatic carbocycles. The zero-order valence-corrected chi connectivity index (χ0v) is 15.9. The topological polar surface area (TPSA) is 72.3 Å². The number of aromatic nitrogens is 2. The molecule has 1 saturated heterocycles. The number of fused-ring (bicyclic) bond motifs is 1. The SMILES string of the molecule is Cc1cccc2c(=O)n(C3CCN(S(=O)(=O)c4ccccc4)CC3)cnc12. The minimum Gasteiger partial charge on any atom is -0.296 e. The van der Waals surface area contributed by atoms with Crippen LogP contribution < -0.4 is 5.56 Å². The van der Waals surface area contributed by atoms with Crippen LogP contribution in [0.25, 0.3) is 10.9 Å². The van der Waals surface area contributed by atoms with E-state index in [1.54, 1.807) is 47.3 Å². The Labute approximate surface area is 158 Å². The fraction of sp³-hybridized carbons (Fsp3) is 0.300. The van der Waals surface area contributed by atoms with Crippen molar-refractivity contribution in [1.82, 2.24) is 13.9 Å². The van der Waals surface area contributed by atoms with Gasteiger partial charge in [-0.3, -0.25) is 9.36 Å². The Morgan fingerprint density at radius 1 is 1.00 bits per heavy atom. The van der Waals surface area contributed by atoms with Crippen LogP contribution in [-0.4, -0.2) is 35.4 Å². The molecule has 140 valence electrons. The average Bonchev–Trinajstić information content (AvgIpc) is 2.70. The van der Waals surface area contributed by atoms with Crippen LogP contribution in [0.5, 0.6) is 0 Å². The Bertz CT molecular complexity index is 1130. The second kappa shape index (κ2) is 6.90. The molecule has 0 bridgehead atoms. The highest BCUT2D eigenvalue weighted by Crippen LogP contribution is 2.26. The molecular formula is C20H21N3O3S. The quantitative estimate of drug-likeness (QED) is 0.697. The van der Waals surface area contributed by atoms with Gasteiger partial charge in [0.25, 0.3) is 5.56 Å². The lowest BCUT2D eigenvalue weighted by atomic mass is 10.1. The van der Waals surface area contributed by atoms with E-state index in [-0.39, 0.29) is 11.6 Å². The van der Waals surface area contributed by atoms with E-state index in [4.69, 9.17) is 0 Å². The zero-order valence-electron chi connectivity index (χ0n) is 15.1. The first kappa shape index (κ1) is 17.9. The maximum atomic E-state index is 12.9. The van der Waals surface area contributed by atoms with Gasteiger partial charge in [-0.05, 0) is 43.5 Å². The first-order valence-electron chi connectivity index (χ1n) is 9.00. The molecule has 2 aromatic carbocycles. The Kier molecular flexibility index (Phi) is 4.57. The second-order valence-electron chi connectivity index (χ2n) is 6.88. The van der Waals surface area contributed by atoms with E-state index in [9.17, 15) is 13.2 Å². The summed E-state index contributed by atoms with van der Waals surface area (Å²) < 4.78 is 28.7. The smallest absolute Gasteiger partial charge is 0.261 e. The van der Waals surface area contributed by atoms with Crippen LogP contribution in [0.15, 0.2) is 64.5 Å². The minimum atomic E-state index is -3.49. The molecule has 0 saturated carbocycles. The number of hydrogen-bond acceptors (Lipinski definition) is 4. The largest absolute Gasteiger partial charge is 0.296 e. The predicted molar refractivity (Wildman–Crippen MR) is 104 cm³/mol. The Balaban J connectivity index is 1.57. The van der Waals surface area contributed by atoms with Crippen LogP contribution >= 0.6 is 0 Å². The third-order valence-electron chi connectivity index (χ3n) is 5.21. The van der Waals surface area contributed by atoms with Crippen LogP contribution in [0.1, 0.15) is 24.4 Å². The monoisotopic (exact) mass is 383 g/mol. The fourth-order valence-corrected chi connectivity index (χ4v) is 5.17. The van der Waals surface area contributed by atoms with Crippen molar-refractivity contribution in [1.29, 1.82) is 0 Å². The van der Waals surface area contributed by atoms with Crippen LogP contribution in [0.3, 0.4) is 0 Å². The third kappa shape index (κ3) is 3.17. The van der Waals surface area contributed by atoms with Crippen molar-refractivity contribution in [3.8, 4) is 0 Å². The Hall–Kier alpha value is -2.51. The van der Waals surface area contributed by atoms with E-state index in [1.165, 1.54) is 4.31 Å². The van der Waals surface area contributed by atoms with E-state index >= 15 is 0 Å². The summed E-state index contributed by atoms with van der Waals surface area (Å²) >= 11 is 0. The number of piperidine rings is 1. The lowest BCUT2D eigenvalue weighted by molar-refractivity contribution is 0.269. The van der Waals surface area contributed by atoms with Crippen molar-refractivity contribution in [3.63, 3.8) is 0 Å². The molecule has 1 aliphatic heterocycles. The van der Waals surface area contributed by atoms with Crippen molar-refractivity contribution >= 4 is 20.9 Å². The molecule has 1 aromatic heterocycles. The molecule has 1 aliphatic rings. The average molecular weight is 383 g/mol. The van der Waals surface area contributed by atoms with Gasteiger partial charge in [-0.1, -0.05) is 30.3 Å². The molecule has 0 unspecified atom stereocenters. The summed E-state index contributed by atoms with van der Waals surface area (Å²) in [5.74, 6) is 0.